The molecule has 1 aromatic carbocycles. The predicted octanol–water partition coefficient (Wildman–Crippen LogP) is 4.11. The molecule has 1 aliphatic carbocycles. The molecule has 1 aliphatic rings. The van der Waals surface area contributed by atoms with Crippen molar-refractivity contribution < 1.29 is 4.74 Å². The Morgan fingerprint density at radius 2 is 1.88 bits per heavy atom. The zero-order valence-corrected chi connectivity index (χ0v) is 10.5. The van der Waals surface area contributed by atoms with Crippen LogP contribution in [0, 0.1) is 12.3 Å². The van der Waals surface area contributed by atoms with Gasteiger partial charge in [0.25, 0.3) is 0 Å². The van der Waals surface area contributed by atoms with Crippen LogP contribution in [0.5, 0.6) is 5.75 Å². The van der Waals surface area contributed by atoms with Crippen molar-refractivity contribution in [2.24, 2.45) is 0 Å². The van der Waals surface area contributed by atoms with Crippen molar-refractivity contribution in [3.8, 4) is 18.1 Å². The van der Waals surface area contributed by atoms with E-state index in [9.17, 15) is 0 Å². The second-order valence-corrected chi connectivity index (χ2v) is 4.79. The number of hydrogen-bond acceptors (Lipinski definition) is 1. The van der Waals surface area contributed by atoms with Gasteiger partial charge in [-0.15, -0.1) is 6.42 Å². The third kappa shape index (κ3) is 2.82. The minimum atomic E-state index is 0.624. The van der Waals surface area contributed by atoms with Crippen molar-refractivity contribution in [2.45, 2.75) is 44.4 Å². The number of rotatable bonds is 2. The fourth-order valence-corrected chi connectivity index (χ4v) is 2.73. The van der Waals surface area contributed by atoms with Crippen LogP contribution in [0.4, 0.5) is 0 Å². The van der Waals surface area contributed by atoms with Gasteiger partial charge < -0.3 is 4.74 Å². The summed E-state index contributed by atoms with van der Waals surface area (Å²) in [4.78, 5) is 0. The lowest BCUT2D eigenvalue weighted by Crippen LogP contribution is -2.01. The first-order valence-electron chi connectivity index (χ1n) is 6.49. The SMILES string of the molecule is C#Cc1ccc(OC)cc1C1CCCCCC1. The number of methoxy groups -OCH3 is 1. The van der Waals surface area contributed by atoms with Gasteiger partial charge in [0.05, 0.1) is 7.11 Å². The van der Waals surface area contributed by atoms with Gasteiger partial charge in [-0.05, 0) is 42.5 Å². The summed E-state index contributed by atoms with van der Waals surface area (Å²) >= 11 is 0. The molecule has 0 unspecified atom stereocenters. The van der Waals surface area contributed by atoms with E-state index in [1.807, 2.05) is 12.1 Å². The van der Waals surface area contributed by atoms with Crippen LogP contribution in [0.3, 0.4) is 0 Å². The quantitative estimate of drug-likeness (QED) is 0.546. The number of ether oxygens (including phenoxy) is 1. The number of benzene rings is 1. The lowest BCUT2D eigenvalue weighted by atomic mass is 9.88. The fourth-order valence-electron chi connectivity index (χ4n) is 2.73. The molecule has 1 aromatic rings. The van der Waals surface area contributed by atoms with E-state index < -0.39 is 0 Å². The van der Waals surface area contributed by atoms with Gasteiger partial charge in [-0.2, -0.15) is 0 Å². The second-order valence-electron chi connectivity index (χ2n) is 4.79. The van der Waals surface area contributed by atoms with Crippen molar-refractivity contribution in [2.75, 3.05) is 7.11 Å². The highest BCUT2D eigenvalue weighted by Crippen LogP contribution is 2.34. The molecule has 0 saturated heterocycles. The van der Waals surface area contributed by atoms with Crippen LogP contribution in [0.15, 0.2) is 18.2 Å². The minimum Gasteiger partial charge on any atom is -0.497 e. The highest BCUT2D eigenvalue weighted by Gasteiger charge is 2.17. The van der Waals surface area contributed by atoms with E-state index in [4.69, 9.17) is 11.2 Å². The average molecular weight is 228 g/mol. The lowest BCUT2D eigenvalue weighted by Gasteiger charge is -2.17. The van der Waals surface area contributed by atoms with E-state index in [1.54, 1.807) is 7.11 Å². The normalized spacial score (nSPS) is 17.2. The molecule has 1 heteroatoms. The van der Waals surface area contributed by atoms with Crippen molar-refractivity contribution in [1.29, 1.82) is 0 Å². The maximum atomic E-state index is 5.60. The molecule has 0 amide bonds. The van der Waals surface area contributed by atoms with E-state index >= 15 is 0 Å². The van der Waals surface area contributed by atoms with Crippen LogP contribution < -0.4 is 4.74 Å². The first-order chi connectivity index (χ1) is 8.35. The Bertz CT molecular complexity index is 406. The van der Waals surface area contributed by atoms with Crippen LogP contribution in [0.1, 0.15) is 55.6 Å². The number of terminal acetylenes is 1. The highest BCUT2D eigenvalue weighted by atomic mass is 16.5. The van der Waals surface area contributed by atoms with Crippen LogP contribution in [-0.4, -0.2) is 7.11 Å². The Morgan fingerprint density at radius 3 is 2.47 bits per heavy atom. The molecule has 0 spiro atoms. The van der Waals surface area contributed by atoms with E-state index in [-0.39, 0.29) is 0 Å². The molecule has 0 bridgehead atoms. The molecule has 90 valence electrons. The van der Waals surface area contributed by atoms with Gasteiger partial charge in [-0.1, -0.05) is 31.6 Å². The molecular weight excluding hydrogens is 208 g/mol. The molecule has 17 heavy (non-hydrogen) atoms. The van der Waals surface area contributed by atoms with Gasteiger partial charge in [-0.25, -0.2) is 0 Å². The zero-order valence-electron chi connectivity index (χ0n) is 10.5. The summed E-state index contributed by atoms with van der Waals surface area (Å²) in [5, 5.41) is 0. The van der Waals surface area contributed by atoms with Gasteiger partial charge in [0.15, 0.2) is 0 Å². The van der Waals surface area contributed by atoms with E-state index in [1.165, 1.54) is 44.1 Å². The predicted molar refractivity (Wildman–Crippen MR) is 71.4 cm³/mol. The summed E-state index contributed by atoms with van der Waals surface area (Å²) < 4.78 is 5.31. The highest BCUT2D eigenvalue weighted by molar-refractivity contribution is 5.46. The summed E-state index contributed by atoms with van der Waals surface area (Å²) in [7, 11) is 1.71. The summed E-state index contributed by atoms with van der Waals surface area (Å²) in [5.74, 6) is 4.35. The first kappa shape index (κ1) is 12.0. The van der Waals surface area contributed by atoms with Gasteiger partial charge in [0.1, 0.15) is 5.75 Å². The molecule has 1 nitrogen and oxygen atoms in total. The minimum absolute atomic E-state index is 0.624. The molecule has 0 aromatic heterocycles. The second kappa shape index (κ2) is 5.77. The molecular formula is C16H20O. The largest absolute Gasteiger partial charge is 0.497 e. The van der Waals surface area contributed by atoms with Crippen LogP contribution in [0.2, 0.25) is 0 Å². The van der Waals surface area contributed by atoms with E-state index in [2.05, 4.69) is 12.0 Å². The van der Waals surface area contributed by atoms with E-state index in [0.717, 1.165) is 11.3 Å². The third-order valence-electron chi connectivity index (χ3n) is 3.71. The Labute approximate surface area is 104 Å². The van der Waals surface area contributed by atoms with Crippen molar-refractivity contribution in [3.05, 3.63) is 29.3 Å². The molecule has 0 atom stereocenters. The number of hydrogen-bond donors (Lipinski definition) is 0. The molecule has 0 aliphatic heterocycles. The topological polar surface area (TPSA) is 9.23 Å². The van der Waals surface area contributed by atoms with E-state index in [0.29, 0.717) is 5.92 Å². The van der Waals surface area contributed by atoms with Crippen LogP contribution >= 0.6 is 0 Å². The van der Waals surface area contributed by atoms with Gasteiger partial charge in [0.2, 0.25) is 0 Å². The molecule has 2 rings (SSSR count). The first-order valence-corrected chi connectivity index (χ1v) is 6.49. The van der Waals surface area contributed by atoms with Crippen molar-refractivity contribution in [3.63, 3.8) is 0 Å². The third-order valence-corrected chi connectivity index (χ3v) is 3.71. The maximum Gasteiger partial charge on any atom is 0.119 e. The molecule has 1 saturated carbocycles. The summed E-state index contributed by atoms with van der Waals surface area (Å²) in [5.41, 5.74) is 2.35. The zero-order chi connectivity index (χ0) is 12.1. The molecule has 0 heterocycles. The van der Waals surface area contributed by atoms with Crippen molar-refractivity contribution in [1.82, 2.24) is 0 Å². The standard InChI is InChI=1S/C16H20O/c1-3-13-10-11-15(17-2)12-16(13)14-8-6-4-5-7-9-14/h1,10-12,14H,4-9H2,2H3. The monoisotopic (exact) mass is 228 g/mol. The Kier molecular flexibility index (Phi) is 4.09. The van der Waals surface area contributed by atoms with Gasteiger partial charge in [-0.3, -0.25) is 0 Å². The van der Waals surface area contributed by atoms with Crippen molar-refractivity contribution >= 4 is 0 Å². The lowest BCUT2D eigenvalue weighted by molar-refractivity contribution is 0.413. The molecule has 1 fully saturated rings. The summed E-state index contributed by atoms with van der Waals surface area (Å²) in [6.07, 6.45) is 13.5. The summed E-state index contributed by atoms with van der Waals surface area (Å²) in [6.45, 7) is 0. The molecule has 0 N–H and O–H groups in total. The smallest absolute Gasteiger partial charge is 0.119 e. The Morgan fingerprint density at radius 1 is 1.18 bits per heavy atom. The Hall–Kier alpha value is -1.42. The van der Waals surface area contributed by atoms with Gasteiger partial charge in [0, 0.05) is 5.56 Å². The Balaban J connectivity index is 2.30. The van der Waals surface area contributed by atoms with Crippen LogP contribution in [0.25, 0.3) is 0 Å². The van der Waals surface area contributed by atoms with Gasteiger partial charge >= 0.3 is 0 Å². The van der Waals surface area contributed by atoms with Crippen LogP contribution in [-0.2, 0) is 0 Å². The maximum absolute atomic E-state index is 5.60. The average Bonchev–Trinajstić information content (AvgIpc) is 2.66. The molecule has 0 radical (unpaired) electrons. The fraction of sp³-hybridized carbons (Fsp3) is 0.500. The summed E-state index contributed by atoms with van der Waals surface area (Å²) in [6, 6.07) is 6.10.